The Kier molecular flexibility index (Phi) is 5.12. The van der Waals surface area contributed by atoms with E-state index in [2.05, 4.69) is 0 Å². The molecule has 0 saturated carbocycles. The number of hydroxylamine groups is 1. The molecule has 2 rings (SSSR count). The maximum atomic E-state index is 13.0. The summed E-state index contributed by atoms with van der Waals surface area (Å²) in [5, 5.41) is 8.66. The maximum absolute atomic E-state index is 13.0. The summed E-state index contributed by atoms with van der Waals surface area (Å²) in [6, 6.07) is 9.19. The second-order valence-corrected chi connectivity index (χ2v) is 5.68. The number of imide groups is 1. The number of amides is 3. The summed E-state index contributed by atoms with van der Waals surface area (Å²) in [7, 11) is 0. The van der Waals surface area contributed by atoms with E-state index in [1.54, 1.807) is 6.92 Å². The average Bonchev–Trinajstić information content (AvgIpc) is 2.57. The number of hydrogen-bond acceptors (Lipinski definition) is 5. The van der Waals surface area contributed by atoms with Crippen LogP contribution in [0, 0.1) is 0 Å². The Morgan fingerprint density at radius 2 is 1.96 bits per heavy atom. The van der Waals surface area contributed by atoms with Gasteiger partial charge in [-0.25, -0.2) is 5.48 Å². The summed E-state index contributed by atoms with van der Waals surface area (Å²) in [4.78, 5) is 39.4. The Morgan fingerprint density at radius 3 is 2.52 bits per heavy atom. The Morgan fingerprint density at radius 1 is 1.30 bits per heavy atom. The Balaban J connectivity index is 2.43. The molecule has 1 heterocycles. The monoisotopic (exact) mass is 319 g/mol. The predicted molar refractivity (Wildman–Crippen MR) is 82.3 cm³/mol. The largest absolute Gasteiger partial charge is 0.289 e. The number of nitrogens with zero attached hydrogens (tertiary/aromatic N) is 2. The van der Waals surface area contributed by atoms with Crippen LogP contribution in [-0.2, 0) is 19.9 Å². The highest BCUT2D eigenvalue weighted by Crippen LogP contribution is 2.33. The fraction of sp³-hybridized carbons (Fsp3) is 0.438. The van der Waals surface area contributed by atoms with Crippen molar-refractivity contribution in [1.82, 2.24) is 15.3 Å². The molecule has 1 fully saturated rings. The molecule has 1 aliphatic rings. The normalized spacial score (nSPS) is 22.3. The third-order valence-electron chi connectivity index (χ3n) is 4.18. The zero-order chi connectivity index (χ0) is 17.0. The molecule has 1 saturated heterocycles. The fourth-order valence-electron chi connectivity index (χ4n) is 2.90. The third kappa shape index (κ3) is 3.11. The van der Waals surface area contributed by atoms with Gasteiger partial charge in [-0.2, -0.15) is 0 Å². The predicted octanol–water partition coefficient (Wildman–Crippen LogP) is 0.488. The molecule has 1 aliphatic heterocycles. The SMILES string of the molecule is CCCN1CC(=O)N(CC(=O)NO)C(=O)C1(C)c1ccccc1. The number of carbonyl (C=O) groups excluding carboxylic acids is 3. The molecule has 1 unspecified atom stereocenters. The van der Waals surface area contributed by atoms with E-state index in [1.165, 1.54) is 5.48 Å². The number of hydrogen-bond donors (Lipinski definition) is 2. The van der Waals surface area contributed by atoms with Crippen LogP contribution in [0.2, 0.25) is 0 Å². The highest BCUT2D eigenvalue weighted by Gasteiger charge is 2.50. The van der Waals surface area contributed by atoms with Gasteiger partial charge in [-0.1, -0.05) is 37.3 Å². The molecule has 1 atom stereocenters. The van der Waals surface area contributed by atoms with Crippen LogP contribution in [-0.4, -0.2) is 52.4 Å². The Hall–Kier alpha value is -2.25. The minimum atomic E-state index is -1.03. The fourth-order valence-corrected chi connectivity index (χ4v) is 2.90. The van der Waals surface area contributed by atoms with Crippen molar-refractivity contribution in [3.8, 4) is 0 Å². The number of benzene rings is 1. The van der Waals surface area contributed by atoms with Gasteiger partial charge >= 0.3 is 0 Å². The molecular weight excluding hydrogens is 298 g/mol. The zero-order valence-corrected chi connectivity index (χ0v) is 13.3. The molecule has 2 N–H and O–H groups in total. The zero-order valence-electron chi connectivity index (χ0n) is 13.3. The van der Waals surface area contributed by atoms with Gasteiger partial charge in [-0.15, -0.1) is 0 Å². The van der Waals surface area contributed by atoms with Crippen molar-refractivity contribution in [1.29, 1.82) is 0 Å². The van der Waals surface area contributed by atoms with Crippen LogP contribution in [0.3, 0.4) is 0 Å². The van der Waals surface area contributed by atoms with E-state index in [0.29, 0.717) is 6.54 Å². The van der Waals surface area contributed by atoms with E-state index in [1.807, 2.05) is 42.2 Å². The second-order valence-electron chi connectivity index (χ2n) is 5.68. The second kappa shape index (κ2) is 6.89. The van der Waals surface area contributed by atoms with Crippen LogP contribution >= 0.6 is 0 Å². The van der Waals surface area contributed by atoms with Gasteiger partial charge < -0.3 is 0 Å². The minimum Gasteiger partial charge on any atom is -0.289 e. The first-order valence-electron chi connectivity index (χ1n) is 7.53. The molecule has 124 valence electrons. The standard InChI is InChI=1S/C16H21N3O4/c1-3-9-18-11-14(21)19(10-13(20)17-23)15(22)16(18,2)12-7-5-4-6-8-12/h4-8,23H,3,9-11H2,1-2H3,(H,17,20). The maximum Gasteiger partial charge on any atom is 0.263 e. The van der Waals surface area contributed by atoms with Gasteiger partial charge in [0.25, 0.3) is 11.8 Å². The summed E-state index contributed by atoms with van der Waals surface area (Å²) >= 11 is 0. The van der Waals surface area contributed by atoms with Gasteiger partial charge in [0.1, 0.15) is 12.1 Å². The van der Waals surface area contributed by atoms with E-state index in [-0.39, 0.29) is 6.54 Å². The van der Waals surface area contributed by atoms with E-state index >= 15 is 0 Å². The highest BCUT2D eigenvalue weighted by atomic mass is 16.5. The molecule has 0 aliphatic carbocycles. The van der Waals surface area contributed by atoms with Crippen molar-refractivity contribution in [2.75, 3.05) is 19.6 Å². The molecule has 7 heteroatoms. The van der Waals surface area contributed by atoms with Gasteiger partial charge in [0.15, 0.2) is 0 Å². The molecule has 23 heavy (non-hydrogen) atoms. The van der Waals surface area contributed by atoms with E-state index < -0.39 is 29.8 Å². The lowest BCUT2D eigenvalue weighted by Gasteiger charge is -2.46. The van der Waals surface area contributed by atoms with Crippen molar-refractivity contribution in [3.63, 3.8) is 0 Å². The first-order valence-corrected chi connectivity index (χ1v) is 7.53. The van der Waals surface area contributed by atoms with Crippen molar-refractivity contribution >= 4 is 17.7 Å². The molecule has 1 aromatic rings. The van der Waals surface area contributed by atoms with Crippen molar-refractivity contribution in [2.24, 2.45) is 0 Å². The quantitative estimate of drug-likeness (QED) is 0.468. The highest BCUT2D eigenvalue weighted by molar-refractivity contribution is 6.05. The van der Waals surface area contributed by atoms with Crippen LogP contribution < -0.4 is 5.48 Å². The summed E-state index contributed by atoms with van der Waals surface area (Å²) in [5.74, 6) is -1.71. The lowest BCUT2D eigenvalue weighted by Crippen LogP contribution is -2.65. The summed E-state index contributed by atoms with van der Waals surface area (Å²) < 4.78 is 0. The molecular formula is C16H21N3O4. The number of nitrogens with one attached hydrogen (secondary N) is 1. The molecule has 0 radical (unpaired) electrons. The van der Waals surface area contributed by atoms with E-state index in [9.17, 15) is 14.4 Å². The minimum absolute atomic E-state index is 0.0453. The van der Waals surface area contributed by atoms with Crippen molar-refractivity contribution in [3.05, 3.63) is 35.9 Å². The van der Waals surface area contributed by atoms with Gasteiger partial charge in [-0.05, 0) is 25.5 Å². The molecule has 0 bridgehead atoms. The summed E-state index contributed by atoms with van der Waals surface area (Å²) in [6.45, 7) is 3.88. The molecule has 3 amide bonds. The number of piperazine rings is 1. The van der Waals surface area contributed by atoms with Crippen LogP contribution in [0.25, 0.3) is 0 Å². The van der Waals surface area contributed by atoms with Crippen molar-refractivity contribution in [2.45, 2.75) is 25.8 Å². The lowest BCUT2D eigenvalue weighted by molar-refractivity contribution is -0.165. The summed E-state index contributed by atoms with van der Waals surface area (Å²) in [5.41, 5.74) is 1.20. The van der Waals surface area contributed by atoms with Crippen molar-refractivity contribution < 1.29 is 19.6 Å². The van der Waals surface area contributed by atoms with E-state index in [4.69, 9.17) is 5.21 Å². The van der Waals surface area contributed by atoms with Crippen LogP contribution in [0.5, 0.6) is 0 Å². The number of rotatable bonds is 5. The van der Waals surface area contributed by atoms with Crippen LogP contribution in [0.15, 0.2) is 30.3 Å². The Bertz CT molecular complexity index is 605. The van der Waals surface area contributed by atoms with Gasteiger partial charge in [-0.3, -0.25) is 29.4 Å². The van der Waals surface area contributed by atoms with Crippen LogP contribution in [0.4, 0.5) is 0 Å². The topological polar surface area (TPSA) is 90.0 Å². The molecule has 0 aromatic heterocycles. The summed E-state index contributed by atoms with van der Waals surface area (Å²) in [6.07, 6.45) is 0.792. The van der Waals surface area contributed by atoms with E-state index in [0.717, 1.165) is 16.9 Å². The first-order chi connectivity index (χ1) is 10.9. The Labute approximate surface area is 134 Å². The average molecular weight is 319 g/mol. The first kappa shape index (κ1) is 17.1. The van der Waals surface area contributed by atoms with Gasteiger partial charge in [0, 0.05) is 0 Å². The molecule has 0 spiro atoms. The van der Waals surface area contributed by atoms with Gasteiger partial charge in [0.2, 0.25) is 5.91 Å². The molecule has 1 aromatic carbocycles. The smallest absolute Gasteiger partial charge is 0.263 e. The lowest BCUT2D eigenvalue weighted by atomic mass is 9.86. The molecule has 7 nitrogen and oxygen atoms in total. The van der Waals surface area contributed by atoms with Gasteiger partial charge in [0.05, 0.1) is 6.54 Å². The number of carbonyl (C=O) groups is 3. The third-order valence-corrected chi connectivity index (χ3v) is 4.18. The van der Waals surface area contributed by atoms with Crippen LogP contribution in [0.1, 0.15) is 25.8 Å².